The number of hydrogen-bond acceptors (Lipinski definition) is 7. The Bertz CT molecular complexity index is 1150. The van der Waals surface area contributed by atoms with Crippen molar-refractivity contribution >= 4 is 5.91 Å². The Morgan fingerprint density at radius 2 is 1.64 bits per heavy atom. The Balaban J connectivity index is 2.02. The molecule has 5 atom stereocenters. The van der Waals surface area contributed by atoms with Crippen LogP contribution < -0.4 is 25.3 Å². The number of aliphatic hydroxyl groups is 1. The number of ether oxygens (including phenoxy) is 4. The summed E-state index contributed by atoms with van der Waals surface area (Å²) in [6, 6.07) is 10.7. The number of methoxy groups -OCH3 is 2. The summed E-state index contributed by atoms with van der Waals surface area (Å²) in [5, 5.41) is 14.1. The van der Waals surface area contributed by atoms with Crippen molar-refractivity contribution in [2.75, 3.05) is 27.4 Å². The minimum atomic E-state index is -4.77. The first-order valence-corrected chi connectivity index (χ1v) is 15.6. The van der Waals surface area contributed by atoms with Crippen LogP contribution >= 0.6 is 0 Å². The van der Waals surface area contributed by atoms with Crippen LogP contribution in [0, 0.1) is 23.7 Å². The van der Waals surface area contributed by atoms with Gasteiger partial charge in [0.2, 0.25) is 5.91 Å². The van der Waals surface area contributed by atoms with Gasteiger partial charge in [-0.1, -0.05) is 52.3 Å². The van der Waals surface area contributed by atoms with Gasteiger partial charge in [0.1, 0.15) is 5.75 Å². The zero-order valence-corrected chi connectivity index (χ0v) is 27.4. The lowest BCUT2D eigenvalue weighted by Gasteiger charge is -2.30. The van der Waals surface area contributed by atoms with Crippen molar-refractivity contribution in [2.24, 2.45) is 29.4 Å². The maximum atomic E-state index is 13.2. The highest BCUT2D eigenvalue weighted by Crippen LogP contribution is 2.32. The van der Waals surface area contributed by atoms with Crippen LogP contribution in [0.2, 0.25) is 0 Å². The van der Waals surface area contributed by atoms with Gasteiger partial charge in [-0.3, -0.25) is 4.79 Å². The van der Waals surface area contributed by atoms with Gasteiger partial charge in [0.25, 0.3) is 0 Å². The van der Waals surface area contributed by atoms with Gasteiger partial charge < -0.3 is 35.1 Å². The standard InChI is InChI=1S/C34H51F3N2O6/c1-7-23(4)28(33(41)39-21-24-9-12-27(13-10-24)45-34(35,36)37)20-30(40)29(38)19-26(22(2)3)17-25-11-14-31(43-6)32(18-25)44-16-8-15-42-5/h9-14,18,22-23,26,28-30,40H,7-8,15-17,19-21,38H2,1-6H3,(H,39,41)/t23?,26-,28-,29-,30-/m0/s1. The highest BCUT2D eigenvalue weighted by atomic mass is 19.4. The summed E-state index contributed by atoms with van der Waals surface area (Å²) in [7, 11) is 3.26. The number of hydrogen-bond donors (Lipinski definition) is 3. The maximum Gasteiger partial charge on any atom is 0.573 e. The first kappa shape index (κ1) is 38.2. The van der Waals surface area contributed by atoms with Gasteiger partial charge >= 0.3 is 6.36 Å². The molecule has 0 aliphatic rings. The zero-order valence-electron chi connectivity index (χ0n) is 27.4. The lowest BCUT2D eigenvalue weighted by atomic mass is 9.80. The predicted octanol–water partition coefficient (Wildman–Crippen LogP) is 6.27. The second-order valence-corrected chi connectivity index (χ2v) is 12.0. The third-order valence-corrected chi connectivity index (χ3v) is 8.27. The molecule has 0 radical (unpaired) electrons. The third kappa shape index (κ3) is 13.5. The summed E-state index contributed by atoms with van der Waals surface area (Å²) in [5.74, 6) is 0.728. The zero-order chi connectivity index (χ0) is 33.6. The van der Waals surface area contributed by atoms with Crippen molar-refractivity contribution in [1.82, 2.24) is 5.32 Å². The van der Waals surface area contributed by atoms with Crippen molar-refractivity contribution < 1.29 is 42.0 Å². The summed E-state index contributed by atoms with van der Waals surface area (Å²) in [6.07, 6.45) is -2.68. The van der Waals surface area contributed by atoms with Gasteiger partial charge in [-0.25, -0.2) is 0 Å². The monoisotopic (exact) mass is 640 g/mol. The smallest absolute Gasteiger partial charge is 0.493 e. The van der Waals surface area contributed by atoms with E-state index in [9.17, 15) is 23.1 Å². The fourth-order valence-corrected chi connectivity index (χ4v) is 5.19. The van der Waals surface area contributed by atoms with Crippen LogP contribution in [0.15, 0.2) is 42.5 Å². The number of benzene rings is 2. The second-order valence-electron chi connectivity index (χ2n) is 12.0. The summed E-state index contributed by atoms with van der Waals surface area (Å²) in [4.78, 5) is 13.2. The molecule has 0 aromatic heterocycles. The average Bonchev–Trinajstić information content (AvgIpc) is 2.99. The van der Waals surface area contributed by atoms with E-state index in [0.29, 0.717) is 36.7 Å². The first-order valence-electron chi connectivity index (χ1n) is 15.6. The molecule has 0 bridgehead atoms. The number of rotatable bonds is 20. The minimum Gasteiger partial charge on any atom is -0.493 e. The molecule has 254 valence electrons. The molecule has 0 saturated carbocycles. The molecule has 0 saturated heterocycles. The van der Waals surface area contributed by atoms with E-state index in [-0.39, 0.29) is 42.4 Å². The number of aliphatic hydroxyl groups excluding tert-OH is 1. The largest absolute Gasteiger partial charge is 0.573 e. The molecule has 2 aromatic carbocycles. The molecule has 11 heteroatoms. The van der Waals surface area contributed by atoms with Crippen LogP contribution in [0.25, 0.3) is 0 Å². The maximum absolute atomic E-state index is 13.2. The van der Waals surface area contributed by atoms with Crippen LogP contribution in [0.5, 0.6) is 17.2 Å². The third-order valence-electron chi connectivity index (χ3n) is 8.27. The SMILES string of the molecule is CCC(C)[C@H](C[C@H](O)[C@@H](N)C[C@H](Cc1ccc(OC)c(OCCCOC)c1)C(C)C)C(=O)NCc1ccc(OC(F)(F)F)cc1. The highest BCUT2D eigenvalue weighted by molar-refractivity contribution is 5.79. The highest BCUT2D eigenvalue weighted by Gasteiger charge is 2.32. The average molecular weight is 641 g/mol. The number of nitrogens with one attached hydrogen (secondary N) is 1. The second kappa shape index (κ2) is 18.8. The van der Waals surface area contributed by atoms with Crippen LogP contribution in [-0.4, -0.2) is 57.0 Å². The summed E-state index contributed by atoms with van der Waals surface area (Å²) in [6.45, 7) is 9.45. The van der Waals surface area contributed by atoms with Gasteiger partial charge in [-0.15, -0.1) is 13.2 Å². The molecule has 0 fully saturated rings. The van der Waals surface area contributed by atoms with E-state index in [0.717, 1.165) is 24.8 Å². The van der Waals surface area contributed by atoms with Gasteiger partial charge in [-0.05, 0) is 72.4 Å². The Labute approximate surface area is 265 Å². The number of carbonyl (C=O) groups excluding carboxylic acids is 1. The number of alkyl halides is 3. The van der Waals surface area contributed by atoms with Gasteiger partial charge in [0.15, 0.2) is 11.5 Å². The Hall–Kier alpha value is -3.02. The minimum absolute atomic E-state index is 0.0167. The van der Waals surface area contributed by atoms with E-state index >= 15 is 0 Å². The van der Waals surface area contributed by atoms with Crippen molar-refractivity contribution in [3.05, 3.63) is 53.6 Å². The van der Waals surface area contributed by atoms with E-state index in [1.807, 2.05) is 32.0 Å². The normalized spacial score (nSPS) is 15.2. The quantitative estimate of drug-likeness (QED) is 0.146. The molecular formula is C34H51F3N2O6. The lowest BCUT2D eigenvalue weighted by molar-refractivity contribution is -0.274. The van der Waals surface area contributed by atoms with Crippen LogP contribution in [0.4, 0.5) is 13.2 Å². The molecule has 2 rings (SSSR count). The van der Waals surface area contributed by atoms with Gasteiger partial charge in [-0.2, -0.15) is 0 Å². The molecule has 8 nitrogen and oxygen atoms in total. The molecule has 1 amide bonds. The molecular weight excluding hydrogens is 589 g/mol. The number of halogens is 3. The molecule has 0 aliphatic carbocycles. The van der Waals surface area contributed by atoms with Crippen LogP contribution in [0.3, 0.4) is 0 Å². The van der Waals surface area contributed by atoms with Crippen molar-refractivity contribution in [2.45, 2.75) is 84.9 Å². The molecule has 1 unspecified atom stereocenters. The predicted molar refractivity (Wildman–Crippen MR) is 168 cm³/mol. The Morgan fingerprint density at radius 1 is 0.978 bits per heavy atom. The topological polar surface area (TPSA) is 112 Å². The summed E-state index contributed by atoms with van der Waals surface area (Å²) in [5.41, 5.74) is 8.26. The summed E-state index contributed by atoms with van der Waals surface area (Å²) < 4.78 is 57.7. The molecule has 45 heavy (non-hydrogen) atoms. The van der Waals surface area contributed by atoms with Crippen LogP contribution in [0.1, 0.15) is 64.5 Å². The van der Waals surface area contributed by atoms with Gasteiger partial charge in [0, 0.05) is 38.6 Å². The molecule has 0 spiro atoms. The van der Waals surface area contributed by atoms with E-state index in [4.69, 9.17) is 19.9 Å². The van der Waals surface area contributed by atoms with E-state index in [2.05, 4.69) is 23.9 Å². The summed E-state index contributed by atoms with van der Waals surface area (Å²) >= 11 is 0. The number of amides is 1. The van der Waals surface area contributed by atoms with E-state index in [1.54, 1.807) is 14.2 Å². The number of carbonyl (C=O) groups is 1. The molecule has 0 heterocycles. The van der Waals surface area contributed by atoms with E-state index in [1.165, 1.54) is 24.3 Å². The van der Waals surface area contributed by atoms with Gasteiger partial charge in [0.05, 0.1) is 19.8 Å². The van der Waals surface area contributed by atoms with Crippen molar-refractivity contribution in [3.8, 4) is 17.2 Å². The molecule has 2 aromatic rings. The van der Waals surface area contributed by atoms with Crippen molar-refractivity contribution in [3.63, 3.8) is 0 Å². The van der Waals surface area contributed by atoms with E-state index < -0.39 is 24.4 Å². The van der Waals surface area contributed by atoms with Crippen LogP contribution in [-0.2, 0) is 22.5 Å². The van der Waals surface area contributed by atoms with Crippen molar-refractivity contribution in [1.29, 1.82) is 0 Å². The Kier molecular flexibility index (Phi) is 16.0. The lowest BCUT2D eigenvalue weighted by Crippen LogP contribution is -2.43. The first-order chi connectivity index (χ1) is 21.3. The number of nitrogens with two attached hydrogens (primary N) is 1. The molecule has 4 N–H and O–H groups in total. The Morgan fingerprint density at radius 3 is 2.22 bits per heavy atom. The fraction of sp³-hybridized carbons (Fsp3) is 0.618. The molecule has 0 aliphatic heterocycles. The fourth-order valence-electron chi connectivity index (χ4n) is 5.19.